The van der Waals surface area contributed by atoms with Gasteiger partial charge in [0.15, 0.2) is 0 Å². The summed E-state index contributed by atoms with van der Waals surface area (Å²) in [5.41, 5.74) is 12.9. The first-order valence-electron chi connectivity index (χ1n) is 19.0. The molecule has 268 valence electrons. The summed E-state index contributed by atoms with van der Waals surface area (Å²) in [6.45, 7) is 18.0. The number of allylic oxidation sites excluding steroid dienone is 1. The van der Waals surface area contributed by atoms with Crippen LogP contribution in [0.4, 0.5) is 5.95 Å². The summed E-state index contributed by atoms with van der Waals surface area (Å²) in [7, 11) is 0. The van der Waals surface area contributed by atoms with E-state index in [1.165, 1.54) is 12.0 Å². The molecule has 2 heterocycles. The van der Waals surface area contributed by atoms with Crippen LogP contribution >= 0.6 is 0 Å². The number of fused-ring (bicyclic) bond motifs is 3. The molecule has 11 atom stereocenters. The van der Waals surface area contributed by atoms with Gasteiger partial charge < -0.3 is 26.0 Å². The molecule has 1 aromatic heterocycles. The van der Waals surface area contributed by atoms with Crippen LogP contribution in [0.2, 0.25) is 0 Å². The summed E-state index contributed by atoms with van der Waals surface area (Å²) in [5, 5.41) is 24.2. The molecule has 1 saturated heterocycles. The van der Waals surface area contributed by atoms with E-state index in [-0.39, 0.29) is 50.7 Å². The van der Waals surface area contributed by atoms with E-state index in [1.54, 1.807) is 4.80 Å². The first-order chi connectivity index (χ1) is 22.5. The zero-order chi connectivity index (χ0) is 34.5. The average Bonchev–Trinajstić information content (AvgIpc) is 3.46. The second kappa shape index (κ2) is 11.5. The van der Waals surface area contributed by atoms with Crippen molar-refractivity contribution in [3.8, 4) is 0 Å². The molecule has 5 aliphatic carbocycles. The number of nitrogens with two attached hydrogens (primary N) is 2. The van der Waals surface area contributed by atoms with Gasteiger partial charge in [-0.1, -0.05) is 84.5 Å². The fourth-order valence-corrected chi connectivity index (χ4v) is 13.1. The van der Waals surface area contributed by atoms with Gasteiger partial charge in [0.1, 0.15) is 6.04 Å². The molecule has 0 radical (unpaired) electrons. The fourth-order valence-electron chi connectivity index (χ4n) is 13.1. The zero-order valence-electron chi connectivity index (χ0n) is 30.6. The second-order valence-electron chi connectivity index (χ2n) is 18.7. The van der Waals surface area contributed by atoms with E-state index in [9.17, 15) is 9.90 Å². The lowest BCUT2D eigenvalue weighted by Crippen LogP contribution is -2.69. The van der Waals surface area contributed by atoms with Crippen molar-refractivity contribution in [3.63, 3.8) is 0 Å². The highest BCUT2D eigenvalue weighted by Crippen LogP contribution is 2.75. The van der Waals surface area contributed by atoms with Crippen molar-refractivity contribution in [1.82, 2.24) is 20.2 Å². The van der Waals surface area contributed by atoms with Gasteiger partial charge in [0, 0.05) is 16.4 Å². The minimum Gasteiger partial charge on any atom is -0.481 e. The molecular formula is C38H62N6O4. The molecule has 1 aromatic rings. The van der Waals surface area contributed by atoms with Gasteiger partial charge >= 0.3 is 5.97 Å². The summed E-state index contributed by atoms with van der Waals surface area (Å²) in [4.78, 5) is 15.2. The van der Waals surface area contributed by atoms with Crippen LogP contribution in [-0.2, 0) is 14.3 Å². The number of anilines is 1. The smallest absolute Gasteiger partial charge is 0.307 e. The Bertz CT molecular complexity index is 1440. The first-order valence-corrected chi connectivity index (χ1v) is 19.0. The molecule has 5 N–H and O–H groups in total. The van der Waals surface area contributed by atoms with Gasteiger partial charge in [-0.2, -0.15) is 4.80 Å². The van der Waals surface area contributed by atoms with E-state index in [0.717, 1.165) is 64.2 Å². The van der Waals surface area contributed by atoms with Gasteiger partial charge in [0.25, 0.3) is 5.95 Å². The molecule has 0 unspecified atom stereocenters. The van der Waals surface area contributed by atoms with Crippen molar-refractivity contribution < 1.29 is 19.4 Å². The van der Waals surface area contributed by atoms with E-state index in [0.29, 0.717) is 43.5 Å². The maximum atomic E-state index is 13.4. The standard InChI is InChI=1S/C38H62N6O4/c1-23(2)24(3)33(4)17-18-35(6)25-11-12-28-34(5)20-47-22-38(28,26(25)13-16-36(35,7)29(33)31(45)46)19-27(44-42-32(39)41-43-44)30(34)48-21-37(40)14-9-8-10-15-37/h13,23-25,27-30H,8-12,14-22,40H2,1-7H3,(H2,39,42)(H,45,46)/t24-,25+,27-,28+,29-,30+,33-,34+,35-,36+,38+/m1/s1. The Labute approximate surface area is 287 Å². The molecule has 0 spiro atoms. The van der Waals surface area contributed by atoms with Crippen LogP contribution in [0.5, 0.6) is 0 Å². The highest BCUT2D eigenvalue weighted by molar-refractivity contribution is 5.73. The number of nitrogen functional groups attached to an aromatic ring is 1. The van der Waals surface area contributed by atoms with Gasteiger partial charge in [-0.05, 0) is 96.5 Å². The average molecular weight is 667 g/mol. The molecule has 7 rings (SSSR count). The number of carboxylic acid groups (broad SMARTS) is 1. The molecule has 2 bridgehead atoms. The van der Waals surface area contributed by atoms with E-state index < -0.39 is 11.9 Å². The Morgan fingerprint density at radius 2 is 1.79 bits per heavy atom. The maximum absolute atomic E-state index is 13.4. The number of ether oxygens (including phenoxy) is 2. The monoisotopic (exact) mass is 666 g/mol. The maximum Gasteiger partial charge on any atom is 0.307 e. The number of rotatable bonds is 7. The number of hydrogen-bond acceptors (Lipinski definition) is 8. The summed E-state index contributed by atoms with van der Waals surface area (Å²) in [6.07, 6.45) is 13.5. The minimum atomic E-state index is -0.626. The lowest BCUT2D eigenvalue weighted by molar-refractivity contribution is -0.254. The highest BCUT2D eigenvalue weighted by Gasteiger charge is 2.72. The SMILES string of the molecule is CC(C)[C@@H](C)[C@@]1(C)CC[C@]2(C)[C@H]3CC[C@@H]4[C@@]5(COC[C@]4(C)[C@@H](OCC4(N)CCCCC4)[C@H](n4nnc(N)n4)C5)C3=CC[C@@]2(C)[C@@H]1C(=O)O. The van der Waals surface area contributed by atoms with Crippen LogP contribution < -0.4 is 11.5 Å². The summed E-state index contributed by atoms with van der Waals surface area (Å²) >= 11 is 0. The van der Waals surface area contributed by atoms with Gasteiger partial charge in [-0.15, -0.1) is 5.10 Å². The van der Waals surface area contributed by atoms with Gasteiger partial charge in [-0.3, -0.25) is 4.79 Å². The minimum absolute atomic E-state index is 0.143. The van der Waals surface area contributed by atoms with Crippen LogP contribution in [-0.4, -0.2) is 62.7 Å². The third-order valence-electron chi connectivity index (χ3n) is 16.2. The molecule has 5 fully saturated rings. The number of tetrazole rings is 1. The Morgan fingerprint density at radius 3 is 2.44 bits per heavy atom. The zero-order valence-corrected chi connectivity index (χ0v) is 30.6. The number of carbonyl (C=O) groups is 1. The Morgan fingerprint density at radius 1 is 1.06 bits per heavy atom. The van der Waals surface area contributed by atoms with Crippen molar-refractivity contribution in [3.05, 3.63) is 11.6 Å². The van der Waals surface area contributed by atoms with Crippen molar-refractivity contribution in [2.24, 2.45) is 62.4 Å². The number of nitrogens with zero attached hydrogens (tertiary/aromatic N) is 4. The Kier molecular flexibility index (Phi) is 8.24. The van der Waals surface area contributed by atoms with E-state index in [2.05, 4.69) is 70.0 Å². The van der Waals surface area contributed by atoms with E-state index >= 15 is 0 Å². The number of carboxylic acids is 1. The number of aliphatic carboxylic acids is 1. The highest BCUT2D eigenvalue weighted by atomic mass is 16.5. The third-order valence-corrected chi connectivity index (χ3v) is 16.2. The largest absolute Gasteiger partial charge is 0.481 e. The van der Waals surface area contributed by atoms with Crippen LogP contribution in [0.1, 0.15) is 125 Å². The van der Waals surface area contributed by atoms with Gasteiger partial charge in [0.2, 0.25) is 0 Å². The first kappa shape index (κ1) is 34.4. The molecule has 48 heavy (non-hydrogen) atoms. The van der Waals surface area contributed by atoms with E-state index in [4.69, 9.17) is 20.9 Å². The van der Waals surface area contributed by atoms with Crippen molar-refractivity contribution >= 4 is 11.9 Å². The van der Waals surface area contributed by atoms with Crippen LogP contribution in [0.15, 0.2) is 11.6 Å². The molecule has 10 heteroatoms. The van der Waals surface area contributed by atoms with Gasteiger partial charge in [0.05, 0.1) is 31.8 Å². The molecule has 0 aromatic carbocycles. The lowest BCUT2D eigenvalue weighted by atomic mass is 9.34. The van der Waals surface area contributed by atoms with Gasteiger partial charge in [-0.25, -0.2) is 0 Å². The topological polar surface area (TPSA) is 151 Å². The molecule has 6 aliphatic rings. The fraction of sp³-hybridized carbons (Fsp3) is 0.895. The number of aromatic nitrogens is 4. The van der Waals surface area contributed by atoms with Crippen LogP contribution in [0.3, 0.4) is 0 Å². The molecule has 4 saturated carbocycles. The van der Waals surface area contributed by atoms with Crippen molar-refractivity contribution in [2.45, 2.75) is 137 Å². The summed E-state index contributed by atoms with van der Waals surface area (Å²) in [6, 6.07) is -0.166. The predicted octanol–water partition coefficient (Wildman–Crippen LogP) is 6.43. The normalized spacial score (nSPS) is 45.8. The number of hydrogen-bond donors (Lipinski definition) is 3. The van der Waals surface area contributed by atoms with Crippen molar-refractivity contribution in [2.75, 3.05) is 25.6 Å². The quantitative estimate of drug-likeness (QED) is 0.280. The second-order valence-corrected chi connectivity index (χ2v) is 18.7. The lowest BCUT2D eigenvalue weighted by Gasteiger charge is -2.71. The molecule has 10 nitrogen and oxygen atoms in total. The third kappa shape index (κ3) is 4.73. The Hall–Kier alpha value is -2.04. The van der Waals surface area contributed by atoms with Crippen molar-refractivity contribution in [1.29, 1.82) is 0 Å². The Balaban J connectivity index is 1.29. The molecule has 1 aliphatic heterocycles. The van der Waals surface area contributed by atoms with Crippen LogP contribution in [0.25, 0.3) is 0 Å². The summed E-state index contributed by atoms with van der Waals surface area (Å²) < 4.78 is 13.7. The molecular weight excluding hydrogens is 604 g/mol. The predicted molar refractivity (Wildman–Crippen MR) is 185 cm³/mol. The van der Waals surface area contributed by atoms with Crippen LogP contribution in [0, 0.1) is 56.7 Å². The summed E-state index contributed by atoms with van der Waals surface area (Å²) in [5.74, 6) is 0.523. The van der Waals surface area contributed by atoms with E-state index in [1.807, 2.05) is 0 Å². The molecule has 0 amide bonds.